The molecule has 0 aromatic carbocycles. The lowest BCUT2D eigenvalue weighted by Gasteiger charge is -2.02. The first kappa shape index (κ1) is 13.5. The Labute approximate surface area is 111 Å². The minimum atomic E-state index is -2.72. The predicted octanol–water partition coefficient (Wildman–Crippen LogP) is 1.93. The molecule has 19 heavy (non-hydrogen) atoms. The molecule has 102 valence electrons. The summed E-state index contributed by atoms with van der Waals surface area (Å²) in [7, 11) is 1.41. The van der Waals surface area contributed by atoms with Gasteiger partial charge in [-0.1, -0.05) is 0 Å². The predicted molar refractivity (Wildman–Crippen MR) is 60.8 cm³/mol. The summed E-state index contributed by atoms with van der Waals surface area (Å²) in [6.07, 6.45) is -1.43. The van der Waals surface area contributed by atoms with E-state index in [-0.39, 0.29) is 17.6 Å². The number of carbonyl (C=O) groups is 1. The maximum Gasteiger partial charge on any atom is 0.292 e. The minimum absolute atomic E-state index is 0.0323. The van der Waals surface area contributed by atoms with E-state index in [1.54, 1.807) is 0 Å². The zero-order valence-corrected chi connectivity index (χ0v) is 10.5. The third-order valence-corrected chi connectivity index (χ3v) is 2.48. The third-order valence-electron chi connectivity index (χ3n) is 2.31. The van der Waals surface area contributed by atoms with Crippen LogP contribution in [0.2, 0.25) is 5.35 Å². The number of aryl methyl sites for hydroxylation is 1. The van der Waals surface area contributed by atoms with Gasteiger partial charge in [-0.05, 0) is 17.7 Å². The van der Waals surface area contributed by atoms with Crippen molar-refractivity contribution in [1.29, 1.82) is 0 Å². The molecule has 0 unspecified atom stereocenters. The average molecular weight is 291 g/mol. The van der Waals surface area contributed by atoms with Crippen LogP contribution in [-0.4, -0.2) is 20.7 Å². The van der Waals surface area contributed by atoms with Gasteiger partial charge in [-0.2, -0.15) is 5.10 Å². The first-order chi connectivity index (χ1) is 8.97. The normalized spacial score (nSPS) is 11.0. The molecule has 0 saturated heterocycles. The number of aromatic nitrogens is 3. The summed E-state index contributed by atoms with van der Waals surface area (Å²) < 4.78 is 30.7. The van der Waals surface area contributed by atoms with Crippen LogP contribution in [0.5, 0.6) is 0 Å². The van der Waals surface area contributed by atoms with E-state index in [1.165, 1.54) is 13.3 Å². The molecule has 0 fully saturated rings. The van der Waals surface area contributed by atoms with Crippen molar-refractivity contribution in [2.75, 3.05) is 0 Å². The number of nitrogens with zero attached hydrogens (tertiary/aromatic N) is 3. The highest BCUT2D eigenvalue weighted by molar-refractivity contribution is 6.27. The molecular formula is C10H9ClF2N4O2. The minimum Gasteiger partial charge on any atom is -0.436 e. The summed E-state index contributed by atoms with van der Waals surface area (Å²) >= 11 is 5.47. The van der Waals surface area contributed by atoms with Crippen LogP contribution in [0, 0.1) is 0 Å². The zero-order chi connectivity index (χ0) is 14.0. The number of alkyl halides is 2. The smallest absolute Gasteiger partial charge is 0.292 e. The summed E-state index contributed by atoms with van der Waals surface area (Å²) in [4.78, 5) is 15.5. The highest BCUT2D eigenvalue weighted by Crippen LogP contribution is 2.17. The van der Waals surface area contributed by atoms with Crippen molar-refractivity contribution in [3.05, 3.63) is 34.8 Å². The Morgan fingerprint density at radius 1 is 1.63 bits per heavy atom. The number of amides is 1. The molecule has 0 aliphatic rings. The van der Waals surface area contributed by atoms with Gasteiger partial charge < -0.3 is 9.73 Å². The highest BCUT2D eigenvalue weighted by atomic mass is 35.5. The van der Waals surface area contributed by atoms with Crippen LogP contribution in [0.4, 0.5) is 8.78 Å². The van der Waals surface area contributed by atoms with Crippen LogP contribution >= 0.6 is 11.6 Å². The molecule has 0 bridgehead atoms. The van der Waals surface area contributed by atoms with Gasteiger partial charge in [0.1, 0.15) is 17.7 Å². The van der Waals surface area contributed by atoms with Crippen LogP contribution in [0.15, 0.2) is 16.7 Å². The molecule has 6 nitrogen and oxygen atoms in total. The lowest BCUT2D eigenvalue weighted by Crippen LogP contribution is -2.25. The van der Waals surface area contributed by atoms with Crippen molar-refractivity contribution >= 4 is 17.5 Å². The maximum atomic E-state index is 12.4. The Kier molecular flexibility index (Phi) is 3.79. The summed E-state index contributed by atoms with van der Waals surface area (Å²) in [5.74, 6) is -0.541. The lowest BCUT2D eigenvalue weighted by atomic mass is 10.3. The fourth-order valence-corrected chi connectivity index (χ4v) is 1.59. The molecule has 1 amide bonds. The van der Waals surface area contributed by atoms with Gasteiger partial charge in [0.2, 0.25) is 0 Å². The van der Waals surface area contributed by atoms with Crippen molar-refractivity contribution in [2.45, 2.75) is 13.0 Å². The number of halogens is 3. The molecule has 9 heteroatoms. The molecular weight excluding hydrogens is 282 g/mol. The van der Waals surface area contributed by atoms with E-state index >= 15 is 0 Å². The Morgan fingerprint density at radius 2 is 2.37 bits per heavy atom. The molecule has 1 N–H and O–H groups in total. The molecule has 0 spiro atoms. The molecule has 2 rings (SSSR count). The first-order valence-electron chi connectivity index (χ1n) is 5.17. The lowest BCUT2D eigenvalue weighted by molar-refractivity contribution is 0.0941. The van der Waals surface area contributed by atoms with Crippen LogP contribution in [0.25, 0.3) is 0 Å². The van der Waals surface area contributed by atoms with E-state index in [0.717, 1.165) is 10.7 Å². The van der Waals surface area contributed by atoms with Crippen LogP contribution in [0.3, 0.4) is 0 Å². The fourth-order valence-electron chi connectivity index (χ4n) is 1.43. The molecule has 2 heterocycles. The standard InChI is InChI=1S/C10H9ClF2N4O2/c1-17-7(2-6(16-17)8(12)13)9(18)14-3-5-4-19-10(11)15-5/h2,4,8H,3H2,1H3,(H,14,18). The van der Waals surface area contributed by atoms with E-state index in [9.17, 15) is 13.6 Å². The number of rotatable bonds is 4. The Bertz CT molecular complexity index is 596. The summed E-state index contributed by atoms with van der Waals surface area (Å²) in [6, 6.07) is 1.04. The average Bonchev–Trinajstić information content (AvgIpc) is 2.92. The van der Waals surface area contributed by atoms with Gasteiger partial charge in [-0.15, -0.1) is 0 Å². The van der Waals surface area contributed by atoms with Gasteiger partial charge in [0, 0.05) is 7.05 Å². The number of nitrogens with one attached hydrogen (secondary N) is 1. The molecule has 2 aromatic rings. The summed E-state index contributed by atoms with van der Waals surface area (Å²) in [6.45, 7) is 0.0737. The molecule has 0 aliphatic heterocycles. The molecule has 0 radical (unpaired) electrons. The largest absolute Gasteiger partial charge is 0.436 e. The molecule has 2 aromatic heterocycles. The van der Waals surface area contributed by atoms with Crippen molar-refractivity contribution in [3.63, 3.8) is 0 Å². The van der Waals surface area contributed by atoms with Crippen LogP contribution in [-0.2, 0) is 13.6 Å². The first-order valence-corrected chi connectivity index (χ1v) is 5.55. The number of hydrogen-bond donors (Lipinski definition) is 1. The number of carbonyl (C=O) groups excluding carboxylic acids is 1. The van der Waals surface area contributed by atoms with Crippen molar-refractivity contribution < 1.29 is 18.0 Å². The monoisotopic (exact) mass is 290 g/mol. The SMILES string of the molecule is Cn1nc(C(F)F)cc1C(=O)NCc1coc(Cl)n1. The Balaban J connectivity index is 2.03. The van der Waals surface area contributed by atoms with Gasteiger partial charge in [0.05, 0.1) is 12.2 Å². The second-order valence-corrected chi connectivity index (χ2v) is 3.98. The Morgan fingerprint density at radius 3 is 2.89 bits per heavy atom. The van der Waals surface area contributed by atoms with Gasteiger partial charge in [0.25, 0.3) is 17.7 Å². The molecule has 0 saturated carbocycles. The second-order valence-electron chi connectivity index (χ2n) is 3.65. The van der Waals surface area contributed by atoms with Crippen LogP contribution < -0.4 is 5.32 Å². The quantitative estimate of drug-likeness (QED) is 0.934. The summed E-state index contributed by atoms with van der Waals surface area (Å²) in [5.41, 5.74) is 0.0108. The highest BCUT2D eigenvalue weighted by Gasteiger charge is 2.18. The fraction of sp³-hybridized carbons (Fsp3) is 0.300. The van der Waals surface area contributed by atoms with Crippen LogP contribution in [0.1, 0.15) is 28.3 Å². The number of hydrogen-bond acceptors (Lipinski definition) is 4. The van der Waals surface area contributed by atoms with Gasteiger partial charge >= 0.3 is 0 Å². The molecule has 0 aliphatic carbocycles. The van der Waals surface area contributed by atoms with Gasteiger partial charge in [-0.3, -0.25) is 9.48 Å². The maximum absolute atomic E-state index is 12.4. The van der Waals surface area contributed by atoms with Crippen molar-refractivity contribution in [2.24, 2.45) is 7.05 Å². The topological polar surface area (TPSA) is 73.0 Å². The number of oxazole rings is 1. The third kappa shape index (κ3) is 3.08. The van der Waals surface area contributed by atoms with Gasteiger partial charge in [0.15, 0.2) is 0 Å². The van der Waals surface area contributed by atoms with E-state index in [0.29, 0.717) is 5.69 Å². The summed E-state index contributed by atoms with van der Waals surface area (Å²) in [5, 5.41) is 6.00. The molecule has 0 atom stereocenters. The zero-order valence-electron chi connectivity index (χ0n) is 9.73. The second kappa shape index (κ2) is 5.35. The van der Waals surface area contributed by atoms with Crippen molar-refractivity contribution in [1.82, 2.24) is 20.1 Å². The van der Waals surface area contributed by atoms with E-state index < -0.39 is 18.0 Å². The van der Waals surface area contributed by atoms with E-state index in [1.807, 2.05) is 0 Å². The van der Waals surface area contributed by atoms with Gasteiger partial charge in [-0.25, -0.2) is 13.8 Å². The van der Waals surface area contributed by atoms with E-state index in [4.69, 9.17) is 16.0 Å². The van der Waals surface area contributed by atoms with Crippen molar-refractivity contribution in [3.8, 4) is 0 Å². The Hall–Kier alpha value is -1.96. The van der Waals surface area contributed by atoms with E-state index in [2.05, 4.69) is 15.4 Å².